The molecule has 5 rings (SSSR count). The van der Waals surface area contributed by atoms with Crippen molar-refractivity contribution in [3.63, 3.8) is 0 Å². The first-order chi connectivity index (χ1) is 19.7. The van der Waals surface area contributed by atoms with Crippen molar-refractivity contribution in [2.45, 2.75) is 39.1 Å². The third-order valence-electron chi connectivity index (χ3n) is 7.74. The molecule has 0 aliphatic carbocycles. The number of carbonyl (C=O) groups is 1. The SMILES string of the molecule is CCC(C)n1cc(C(=O)NCc2ccc(Cl)cc2Cl)c(=O)c2cc(F)c(N3CCN(CC4OCCO4)CC3)c(Cl)c21. The van der Waals surface area contributed by atoms with Crippen molar-refractivity contribution in [3.05, 3.63) is 72.7 Å². The molecule has 3 heterocycles. The standard InChI is InChI=1S/C29H32Cl3FN4O4/c1-3-17(2)37-15-21(29(39)34-14-18-4-5-19(30)12-22(18)31)28(38)20-13-23(33)27(25(32)26(20)37)36-8-6-35(7-9-36)16-24-40-10-11-41-24/h4-5,12-13,15,17,24H,3,6-11,14,16H2,1-2H3,(H,34,39). The lowest BCUT2D eigenvalue weighted by molar-refractivity contribution is -0.0624. The van der Waals surface area contributed by atoms with Gasteiger partial charge in [0.15, 0.2) is 6.29 Å². The molecule has 1 amide bonds. The lowest BCUT2D eigenvalue weighted by Gasteiger charge is -2.37. The van der Waals surface area contributed by atoms with Crippen molar-refractivity contribution in [2.24, 2.45) is 0 Å². The molecule has 8 nitrogen and oxygen atoms in total. The summed E-state index contributed by atoms with van der Waals surface area (Å²) in [6.07, 6.45) is 1.99. The number of amides is 1. The summed E-state index contributed by atoms with van der Waals surface area (Å²) >= 11 is 19.1. The zero-order valence-corrected chi connectivity index (χ0v) is 25.2. The van der Waals surface area contributed by atoms with E-state index in [4.69, 9.17) is 44.3 Å². The van der Waals surface area contributed by atoms with E-state index in [0.717, 1.165) is 0 Å². The number of benzene rings is 2. The van der Waals surface area contributed by atoms with Crippen LogP contribution in [-0.4, -0.2) is 67.6 Å². The van der Waals surface area contributed by atoms with Gasteiger partial charge in [-0.05, 0) is 37.1 Å². The van der Waals surface area contributed by atoms with Crippen LogP contribution in [0.2, 0.25) is 15.1 Å². The predicted molar refractivity (Wildman–Crippen MR) is 160 cm³/mol. The largest absolute Gasteiger partial charge is 0.365 e. The van der Waals surface area contributed by atoms with Crippen LogP contribution < -0.4 is 15.6 Å². The third kappa shape index (κ3) is 6.35. The zero-order chi connectivity index (χ0) is 29.3. The summed E-state index contributed by atoms with van der Waals surface area (Å²) in [7, 11) is 0. The Morgan fingerprint density at radius 3 is 2.49 bits per heavy atom. The molecule has 0 bridgehead atoms. The molecule has 2 aliphatic rings. The molecule has 1 unspecified atom stereocenters. The maximum absolute atomic E-state index is 15.7. The molecule has 0 saturated carbocycles. The van der Waals surface area contributed by atoms with Crippen LogP contribution in [-0.2, 0) is 16.0 Å². The van der Waals surface area contributed by atoms with Crippen molar-refractivity contribution >= 4 is 57.3 Å². The summed E-state index contributed by atoms with van der Waals surface area (Å²) in [5.41, 5.74) is 0.631. The van der Waals surface area contributed by atoms with E-state index >= 15 is 4.39 Å². The van der Waals surface area contributed by atoms with Crippen molar-refractivity contribution in [1.82, 2.24) is 14.8 Å². The maximum Gasteiger partial charge on any atom is 0.257 e. The molecule has 1 aromatic heterocycles. The first-order valence-electron chi connectivity index (χ1n) is 13.7. The molecule has 1 N–H and O–H groups in total. The molecular formula is C29H32Cl3FN4O4. The lowest BCUT2D eigenvalue weighted by Crippen LogP contribution is -2.49. The van der Waals surface area contributed by atoms with Gasteiger partial charge in [0.05, 0.1) is 34.8 Å². The van der Waals surface area contributed by atoms with Crippen LogP contribution in [0.5, 0.6) is 0 Å². The van der Waals surface area contributed by atoms with Gasteiger partial charge in [0.25, 0.3) is 5.91 Å². The van der Waals surface area contributed by atoms with E-state index in [1.807, 2.05) is 18.7 Å². The molecule has 1 atom stereocenters. The van der Waals surface area contributed by atoms with Crippen LogP contribution in [0, 0.1) is 5.82 Å². The highest BCUT2D eigenvalue weighted by molar-refractivity contribution is 6.38. The first-order valence-corrected chi connectivity index (χ1v) is 14.8. The highest BCUT2D eigenvalue weighted by Crippen LogP contribution is 2.37. The molecule has 0 spiro atoms. The van der Waals surface area contributed by atoms with Crippen molar-refractivity contribution < 1.29 is 18.7 Å². The number of hydrogen-bond acceptors (Lipinski definition) is 6. The van der Waals surface area contributed by atoms with Gasteiger partial charge >= 0.3 is 0 Å². The van der Waals surface area contributed by atoms with Crippen molar-refractivity contribution in [1.29, 1.82) is 0 Å². The van der Waals surface area contributed by atoms with Gasteiger partial charge in [0.1, 0.15) is 11.4 Å². The molecular weight excluding hydrogens is 594 g/mol. The van der Waals surface area contributed by atoms with Crippen LogP contribution in [0.4, 0.5) is 10.1 Å². The van der Waals surface area contributed by atoms with Gasteiger partial charge in [-0.2, -0.15) is 0 Å². The molecule has 2 saturated heterocycles. The smallest absolute Gasteiger partial charge is 0.257 e. The molecule has 2 aromatic carbocycles. The number of fused-ring (bicyclic) bond motifs is 1. The van der Waals surface area contributed by atoms with Crippen molar-refractivity contribution in [3.8, 4) is 0 Å². The van der Waals surface area contributed by atoms with E-state index in [1.165, 1.54) is 12.3 Å². The van der Waals surface area contributed by atoms with Crippen LogP contribution in [0.3, 0.4) is 0 Å². The number of hydrogen-bond donors (Lipinski definition) is 1. The molecule has 3 aromatic rings. The predicted octanol–water partition coefficient (Wildman–Crippen LogP) is 5.50. The number of ether oxygens (including phenoxy) is 2. The van der Waals surface area contributed by atoms with Gasteiger partial charge in [0, 0.05) is 61.6 Å². The van der Waals surface area contributed by atoms with E-state index in [0.29, 0.717) is 73.5 Å². The summed E-state index contributed by atoms with van der Waals surface area (Å²) in [5.74, 6) is -1.19. The summed E-state index contributed by atoms with van der Waals surface area (Å²) in [6.45, 7) is 8.38. The first kappa shape index (κ1) is 30.1. The van der Waals surface area contributed by atoms with Gasteiger partial charge in [0.2, 0.25) is 5.43 Å². The normalized spacial score (nSPS) is 17.4. The molecule has 41 heavy (non-hydrogen) atoms. The van der Waals surface area contributed by atoms with Crippen LogP contribution in [0.25, 0.3) is 10.9 Å². The zero-order valence-electron chi connectivity index (χ0n) is 22.9. The van der Waals surface area contributed by atoms with Crippen LogP contribution in [0.15, 0.2) is 35.3 Å². The number of carbonyl (C=O) groups excluding carboxylic acids is 1. The number of rotatable bonds is 8. The van der Waals surface area contributed by atoms with Crippen molar-refractivity contribution in [2.75, 3.05) is 50.8 Å². The topological polar surface area (TPSA) is 76.0 Å². The fourth-order valence-corrected chi connectivity index (χ4v) is 6.13. The van der Waals surface area contributed by atoms with Crippen LogP contribution >= 0.6 is 34.8 Å². The molecule has 0 radical (unpaired) electrons. The summed E-state index contributed by atoms with van der Waals surface area (Å²) in [5, 5.41) is 3.84. The van der Waals surface area contributed by atoms with Gasteiger partial charge in [-0.1, -0.05) is 47.8 Å². The number of aromatic nitrogens is 1. The summed E-state index contributed by atoms with van der Waals surface area (Å²) in [6, 6.07) is 6.04. The summed E-state index contributed by atoms with van der Waals surface area (Å²) in [4.78, 5) is 30.9. The molecule has 220 valence electrons. The molecule has 12 heteroatoms. The second-order valence-electron chi connectivity index (χ2n) is 10.3. The quantitative estimate of drug-likeness (QED) is 0.357. The minimum absolute atomic E-state index is 0.0582. The maximum atomic E-state index is 15.7. The number of pyridine rings is 1. The highest BCUT2D eigenvalue weighted by Gasteiger charge is 2.28. The Morgan fingerprint density at radius 1 is 1.12 bits per heavy atom. The lowest BCUT2D eigenvalue weighted by atomic mass is 10.1. The molecule has 2 fully saturated rings. The Hall–Kier alpha value is -2.40. The Kier molecular flexibility index (Phi) is 9.43. The number of nitrogens with one attached hydrogen (secondary N) is 1. The number of halogens is 4. The minimum Gasteiger partial charge on any atom is -0.365 e. The Morgan fingerprint density at radius 2 is 1.83 bits per heavy atom. The summed E-state index contributed by atoms with van der Waals surface area (Å²) < 4.78 is 28.6. The van der Waals surface area contributed by atoms with Gasteiger partial charge in [-0.15, -0.1) is 0 Å². The minimum atomic E-state index is -0.600. The van der Waals surface area contributed by atoms with Gasteiger partial charge < -0.3 is 24.3 Å². The second kappa shape index (κ2) is 12.9. The van der Waals surface area contributed by atoms with Gasteiger partial charge in [-0.25, -0.2) is 4.39 Å². The van der Waals surface area contributed by atoms with Crippen LogP contribution in [0.1, 0.15) is 42.2 Å². The third-order valence-corrected chi connectivity index (χ3v) is 8.68. The fraction of sp³-hybridized carbons (Fsp3) is 0.448. The number of nitrogens with zero attached hydrogens (tertiary/aromatic N) is 3. The second-order valence-corrected chi connectivity index (χ2v) is 11.6. The Balaban J connectivity index is 1.45. The van der Waals surface area contributed by atoms with E-state index in [-0.39, 0.29) is 40.5 Å². The van der Waals surface area contributed by atoms with Gasteiger partial charge in [-0.3, -0.25) is 14.5 Å². The average molecular weight is 626 g/mol. The number of piperazine rings is 1. The number of anilines is 1. The van der Waals surface area contributed by atoms with E-state index in [9.17, 15) is 9.59 Å². The Bertz CT molecular complexity index is 1500. The van der Waals surface area contributed by atoms with E-state index in [1.54, 1.807) is 22.8 Å². The Labute approximate surface area is 252 Å². The highest BCUT2D eigenvalue weighted by atomic mass is 35.5. The van der Waals surface area contributed by atoms with E-state index in [2.05, 4.69) is 10.2 Å². The molecule has 2 aliphatic heterocycles. The fourth-order valence-electron chi connectivity index (χ4n) is 5.24. The van der Waals surface area contributed by atoms with E-state index < -0.39 is 17.2 Å². The monoisotopic (exact) mass is 624 g/mol. The average Bonchev–Trinajstić information content (AvgIpc) is 3.46.